The van der Waals surface area contributed by atoms with E-state index >= 15 is 0 Å². The molecule has 2 nitrogen and oxygen atoms in total. The molecule has 0 aliphatic heterocycles. The highest BCUT2D eigenvalue weighted by Crippen LogP contribution is 2.29. The summed E-state index contributed by atoms with van der Waals surface area (Å²) in [5.74, 6) is -1.20. The van der Waals surface area contributed by atoms with Gasteiger partial charge in [-0.15, -0.1) is 0 Å². The maximum Gasteiger partial charge on any atom is 0.129 e. The Balaban J connectivity index is 2.39. The van der Waals surface area contributed by atoms with Gasteiger partial charge in [0.05, 0.1) is 7.11 Å². The first-order valence-electron chi connectivity index (χ1n) is 6.50. The third kappa shape index (κ3) is 3.36. The fourth-order valence-corrected chi connectivity index (χ4v) is 2.28. The Hall–Kier alpha value is -2.01. The summed E-state index contributed by atoms with van der Waals surface area (Å²) in [6.07, 6.45) is 0.0504. The van der Waals surface area contributed by atoms with E-state index in [2.05, 4.69) is 5.32 Å². The molecule has 0 bridgehead atoms. The zero-order chi connectivity index (χ0) is 15.4. The molecular weight excluding hydrogens is 279 g/mol. The number of likely N-dealkylation sites (N-methyl/N-ethyl adjacent to an activating group) is 1. The molecule has 0 aliphatic rings. The third-order valence-electron chi connectivity index (χ3n) is 3.39. The molecule has 0 aliphatic carbocycles. The Morgan fingerprint density at radius 2 is 1.76 bits per heavy atom. The molecule has 2 aromatic carbocycles. The summed E-state index contributed by atoms with van der Waals surface area (Å²) in [4.78, 5) is 0. The Kier molecular flexibility index (Phi) is 4.85. The van der Waals surface area contributed by atoms with E-state index in [0.29, 0.717) is 11.3 Å². The van der Waals surface area contributed by atoms with Crippen LogP contribution in [0.25, 0.3) is 0 Å². The standard InChI is InChI=1S/C16H16F3NO/c1-20-15(9-11-13(18)4-3-5-14(11)19)12-8-10(17)6-7-16(12)21-2/h3-8,15,20H,9H2,1-2H3. The van der Waals surface area contributed by atoms with Crippen LogP contribution < -0.4 is 10.1 Å². The molecule has 0 saturated heterocycles. The van der Waals surface area contributed by atoms with E-state index in [1.54, 1.807) is 7.05 Å². The van der Waals surface area contributed by atoms with Crippen LogP contribution in [0, 0.1) is 17.5 Å². The van der Waals surface area contributed by atoms with Crippen molar-refractivity contribution in [3.63, 3.8) is 0 Å². The number of benzene rings is 2. The smallest absolute Gasteiger partial charge is 0.129 e. The summed E-state index contributed by atoms with van der Waals surface area (Å²) in [6, 6.07) is 7.32. The quantitative estimate of drug-likeness (QED) is 0.909. The van der Waals surface area contributed by atoms with Gasteiger partial charge in [-0.05, 0) is 43.8 Å². The fourth-order valence-electron chi connectivity index (χ4n) is 2.28. The lowest BCUT2D eigenvalue weighted by molar-refractivity contribution is 0.398. The van der Waals surface area contributed by atoms with Crippen molar-refractivity contribution in [1.29, 1.82) is 0 Å². The number of ether oxygens (including phenoxy) is 1. The largest absolute Gasteiger partial charge is 0.496 e. The minimum atomic E-state index is -0.620. The number of rotatable bonds is 5. The Bertz CT molecular complexity index is 611. The molecule has 5 heteroatoms. The highest BCUT2D eigenvalue weighted by molar-refractivity contribution is 5.38. The molecule has 2 rings (SSSR count). The number of hydrogen-bond acceptors (Lipinski definition) is 2. The molecule has 112 valence electrons. The maximum atomic E-state index is 13.8. The predicted octanol–water partition coefficient (Wildman–Crippen LogP) is 3.62. The Morgan fingerprint density at radius 3 is 2.33 bits per heavy atom. The van der Waals surface area contributed by atoms with E-state index in [9.17, 15) is 13.2 Å². The SMILES string of the molecule is CNC(Cc1c(F)cccc1F)c1cc(F)ccc1OC. The summed E-state index contributed by atoms with van der Waals surface area (Å²) < 4.78 is 46.1. The van der Waals surface area contributed by atoms with E-state index in [1.807, 2.05) is 0 Å². The van der Waals surface area contributed by atoms with Crippen LogP contribution in [-0.2, 0) is 6.42 Å². The van der Waals surface area contributed by atoms with Crippen LogP contribution in [0.2, 0.25) is 0 Å². The van der Waals surface area contributed by atoms with Crippen molar-refractivity contribution in [3.8, 4) is 5.75 Å². The zero-order valence-electron chi connectivity index (χ0n) is 11.8. The van der Waals surface area contributed by atoms with Gasteiger partial charge < -0.3 is 10.1 Å². The van der Waals surface area contributed by atoms with Crippen LogP contribution in [0.5, 0.6) is 5.75 Å². The molecule has 0 amide bonds. The highest BCUT2D eigenvalue weighted by atomic mass is 19.1. The van der Waals surface area contributed by atoms with E-state index in [0.717, 1.165) is 0 Å². The molecule has 0 spiro atoms. The Morgan fingerprint density at radius 1 is 1.10 bits per heavy atom. The van der Waals surface area contributed by atoms with Gasteiger partial charge in [0.2, 0.25) is 0 Å². The van der Waals surface area contributed by atoms with Gasteiger partial charge in [0, 0.05) is 17.2 Å². The van der Waals surface area contributed by atoms with Crippen LogP contribution in [-0.4, -0.2) is 14.2 Å². The van der Waals surface area contributed by atoms with Gasteiger partial charge in [-0.1, -0.05) is 6.07 Å². The van der Waals surface area contributed by atoms with Crippen molar-refractivity contribution in [2.24, 2.45) is 0 Å². The molecule has 1 N–H and O–H groups in total. The van der Waals surface area contributed by atoms with Crippen LogP contribution in [0.4, 0.5) is 13.2 Å². The van der Waals surface area contributed by atoms with Crippen molar-refractivity contribution in [3.05, 3.63) is 65.0 Å². The molecule has 0 radical (unpaired) electrons. The van der Waals surface area contributed by atoms with Crippen molar-refractivity contribution >= 4 is 0 Å². The normalized spacial score (nSPS) is 12.2. The lowest BCUT2D eigenvalue weighted by atomic mass is 9.97. The van der Waals surface area contributed by atoms with Crippen LogP contribution in [0.3, 0.4) is 0 Å². The minimum Gasteiger partial charge on any atom is -0.496 e. The summed E-state index contributed by atoms with van der Waals surface area (Å²) in [7, 11) is 3.11. The van der Waals surface area contributed by atoms with E-state index in [1.165, 1.54) is 43.5 Å². The lowest BCUT2D eigenvalue weighted by Crippen LogP contribution is -2.21. The molecule has 0 fully saturated rings. The summed E-state index contributed by atoms with van der Waals surface area (Å²) in [6.45, 7) is 0. The molecular formula is C16H16F3NO. The van der Waals surface area contributed by atoms with Crippen LogP contribution in [0.1, 0.15) is 17.2 Å². The second-order valence-electron chi connectivity index (χ2n) is 4.63. The van der Waals surface area contributed by atoms with E-state index in [4.69, 9.17) is 4.74 Å². The molecule has 0 aromatic heterocycles. The first-order valence-corrected chi connectivity index (χ1v) is 6.50. The number of halogens is 3. The van der Waals surface area contributed by atoms with Crippen molar-refractivity contribution in [2.75, 3.05) is 14.2 Å². The fraction of sp³-hybridized carbons (Fsp3) is 0.250. The third-order valence-corrected chi connectivity index (χ3v) is 3.39. The Labute approximate surface area is 121 Å². The summed E-state index contributed by atoms with van der Waals surface area (Å²) in [5.41, 5.74) is 0.478. The van der Waals surface area contributed by atoms with Crippen molar-refractivity contribution in [2.45, 2.75) is 12.5 Å². The molecule has 2 aromatic rings. The maximum absolute atomic E-state index is 13.8. The molecule has 1 atom stereocenters. The van der Waals surface area contributed by atoms with Gasteiger partial charge in [-0.2, -0.15) is 0 Å². The second-order valence-corrected chi connectivity index (χ2v) is 4.63. The predicted molar refractivity (Wildman–Crippen MR) is 74.8 cm³/mol. The summed E-state index contributed by atoms with van der Waals surface area (Å²) in [5, 5.41) is 2.94. The molecule has 0 saturated carbocycles. The molecule has 21 heavy (non-hydrogen) atoms. The van der Waals surface area contributed by atoms with Gasteiger partial charge in [-0.3, -0.25) is 0 Å². The monoisotopic (exact) mass is 295 g/mol. The van der Waals surface area contributed by atoms with Crippen LogP contribution in [0.15, 0.2) is 36.4 Å². The lowest BCUT2D eigenvalue weighted by Gasteiger charge is -2.20. The number of nitrogens with one attached hydrogen (secondary N) is 1. The van der Waals surface area contributed by atoms with E-state index in [-0.39, 0.29) is 12.0 Å². The van der Waals surface area contributed by atoms with Gasteiger partial charge in [-0.25, -0.2) is 13.2 Å². The number of hydrogen-bond donors (Lipinski definition) is 1. The number of methoxy groups -OCH3 is 1. The van der Waals surface area contributed by atoms with E-state index < -0.39 is 23.5 Å². The molecule has 0 heterocycles. The summed E-state index contributed by atoms with van der Waals surface area (Å²) >= 11 is 0. The van der Waals surface area contributed by atoms with Crippen LogP contribution >= 0.6 is 0 Å². The second kappa shape index (κ2) is 6.63. The van der Waals surface area contributed by atoms with Gasteiger partial charge in [0.15, 0.2) is 0 Å². The highest BCUT2D eigenvalue weighted by Gasteiger charge is 2.19. The average Bonchev–Trinajstić information content (AvgIpc) is 2.47. The zero-order valence-corrected chi connectivity index (χ0v) is 11.8. The van der Waals surface area contributed by atoms with Crippen molar-refractivity contribution < 1.29 is 17.9 Å². The average molecular weight is 295 g/mol. The minimum absolute atomic E-state index is 0.0387. The first kappa shape index (κ1) is 15.4. The van der Waals surface area contributed by atoms with Crippen molar-refractivity contribution in [1.82, 2.24) is 5.32 Å². The van der Waals surface area contributed by atoms with Gasteiger partial charge in [0.25, 0.3) is 0 Å². The molecule has 1 unspecified atom stereocenters. The first-order chi connectivity index (χ1) is 10.1. The van der Waals surface area contributed by atoms with Gasteiger partial charge >= 0.3 is 0 Å². The topological polar surface area (TPSA) is 21.3 Å². The van der Waals surface area contributed by atoms with Gasteiger partial charge in [0.1, 0.15) is 23.2 Å².